The largest absolute Gasteiger partial charge is 0.342 e. The molecule has 0 unspecified atom stereocenters. The highest BCUT2D eigenvalue weighted by atomic mass is 32.2. The summed E-state index contributed by atoms with van der Waals surface area (Å²) >= 11 is 0. The molecule has 2 atom stereocenters. The Morgan fingerprint density at radius 1 is 1.11 bits per heavy atom. The van der Waals surface area contributed by atoms with Gasteiger partial charge in [-0.3, -0.25) is 9.59 Å². The Labute approximate surface area is 160 Å². The molecule has 0 aromatic heterocycles. The second-order valence-corrected chi connectivity index (χ2v) is 9.79. The van der Waals surface area contributed by atoms with Crippen LogP contribution in [0.2, 0.25) is 0 Å². The van der Waals surface area contributed by atoms with Gasteiger partial charge in [-0.05, 0) is 25.0 Å². The van der Waals surface area contributed by atoms with Crippen LogP contribution < -0.4 is 0 Å². The first-order valence-corrected chi connectivity index (χ1v) is 10.8. The number of nitrogens with zero attached hydrogens (tertiary/aromatic N) is 3. The number of likely N-dealkylation sites (tertiary alicyclic amines) is 2. The SMILES string of the molecule is CC(=O)N1C[C@@H]2C(=O)N(C)C3(CCN(S(=O)(=O)c4ccccc4)CC3)[C@@H]2C1. The lowest BCUT2D eigenvalue weighted by atomic mass is 9.75. The van der Waals surface area contributed by atoms with Gasteiger partial charge >= 0.3 is 0 Å². The van der Waals surface area contributed by atoms with Crippen molar-refractivity contribution in [2.75, 3.05) is 33.2 Å². The average molecular weight is 391 g/mol. The van der Waals surface area contributed by atoms with E-state index in [2.05, 4.69) is 0 Å². The van der Waals surface area contributed by atoms with Gasteiger partial charge in [0, 0.05) is 46.1 Å². The Balaban J connectivity index is 1.56. The molecule has 3 heterocycles. The topological polar surface area (TPSA) is 78.0 Å². The Morgan fingerprint density at radius 3 is 2.33 bits per heavy atom. The van der Waals surface area contributed by atoms with Gasteiger partial charge in [-0.25, -0.2) is 8.42 Å². The van der Waals surface area contributed by atoms with Gasteiger partial charge in [-0.15, -0.1) is 0 Å². The first kappa shape index (κ1) is 18.4. The fourth-order valence-corrected chi connectivity index (χ4v) is 6.60. The second-order valence-electron chi connectivity index (χ2n) is 7.85. The van der Waals surface area contributed by atoms with Gasteiger partial charge in [0.05, 0.1) is 16.4 Å². The number of fused-ring (bicyclic) bond motifs is 2. The summed E-state index contributed by atoms with van der Waals surface area (Å²) in [6.45, 7) is 3.38. The summed E-state index contributed by atoms with van der Waals surface area (Å²) in [6.07, 6.45) is 1.21. The fourth-order valence-electron chi connectivity index (χ4n) is 5.13. The van der Waals surface area contributed by atoms with E-state index in [1.165, 1.54) is 11.2 Å². The van der Waals surface area contributed by atoms with E-state index in [0.29, 0.717) is 43.9 Å². The number of rotatable bonds is 2. The molecule has 2 amide bonds. The summed E-state index contributed by atoms with van der Waals surface area (Å²) in [7, 11) is -1.69. The summed E-state index contributed by atoms with van der Waals surface area (Å²) in [5, 5.41) is 0. The minimum absolute atomic E-state index is 0.000839. The Bertz CT molecular complexity index is 862. The van der Waals surface area contributed by atoms with Crippen molar-refractivity contribution in [3.8, 4) is 0 Å². The van der Waals surface area contributed by atoms with Gasteiger partial charge in [-0.2, -0.15) is 4.31 Å². The molecular weight excluding hydrogens is 366 g/mol. The number of piperidine rings is 1. The molecule has 3 saturated heterocycles. The summed E-state index contributed by atoms with van der Waals surface area (Å²) in [4.78, 5) is 28.5. The molecule has 27 heavy (non-hydrogen) atoms. The van der Waals surface area contributed by atoms with Crippen molar-refractivity contribution in [2.24, 2.45) is 11.8 Å². The third-order valence-corrected chi connectivity index (χ3v) is 8.65. The zero-order chi connectivity index (χ0) is 19.4. The summed E-state index contributed by atoms with van der Waals surface area (Å²) in [6, 6.07) is 8.47. The van der Waals surface area contributed by atoms with Gasteiger partial charge in [0.25, 0.3) is 0 Å². The van der Waals surface area contributed by atoms with Crippen molar-refractivity contribution >= 4 is 21.8 Å². The van der Waals surface area contributed by atoms with Gasteiger partial charge in [0.1, 0.15) is 0 Å². The molecule has 0 aliphatic carbocycles. The highest BCUT2D eigenvalue weighted by Gasteiger charge is 2.61. The third kappa shape index (κ3) is 2.69. The van der Waals surface area contributed by atoms with E-state index in [-0.39, 0.29) is 29.2 Å². The van der Waals surface area contributed by atoms with E-state index in [1.807, 2.05) is 11.9 Å². The maximum absolute atomic E-state index is 12.9. The number of hydrogen-bond donors (Lipinski definition) is 0. The van der Waals surface area contributed by atoms with Crippen LogP contribution in [0.3, 0.4) is 0 Å². The number of carbonyl (C=O) groups excluding carboxylic acids is 2. The number of hydrogen-bond acceptors (Lipinski definition) is 4. The molecule has 0 radical (unpaired) electrons. The Kier molecular flexibility index (Phi) is 4.31. The van der Waals surface area contributed by atoms with Crippen LogP contribution in [0.4, 0.5) is 0 Å². The lowest BCUT2D eigenvalue weighted by molar-refractivity contribution is -0.135. The van der Waals surface area contributed by atoms with Crippen molar-refractivity contribution in [1.82, 2.24) is 14.1 Å². The molecule has 1 spiro atoms. The predicted octanol–water partition coefficient (Wildman–Crippen LogP) is 0.776. The van der Waals surface area contributed by atoms with Crippen LogP contribution in [-0.4, -0.2) is 73.1 Å². The van der Waals surface area contributed by atoms with E-state index in [0.717, 1.165) is 0 Å². The third-order valence-electron chi connectivity index (χ3n) is 6.74. The molecule has 7 nitrogen and oxygen atoms in total. The van der Waals surface area contributed by atoms with E-state index < -0.39 is 10.0 Å². The predicted molar refractivity (Wildman–Crippen MR) is 99.2 cm³/mol. The summed E-state index contributed by atoms with van der Waals surface area (Å²) in [5.41, 5.74) is -0.353. The first-order valence-electron chi connectivity index (χ1n) is 9.36. The minimum Gasteiger partial charge on any atom is -0.342 e. The number of carbonyl (C=O) groups is 2. The van der Waals surface area contributed by atoms with Crippen molar-refractivity contribution in [1.29, 1.82) is 0 Å². The van der Waals surface area contributed by atoms with Crippen LogP contribution in [0.15, 0.2) is 35.2 Å². The molecule has 0 bridgehead atoms. The molecule has 1 aromatic rings. The molecule has 0 saturated carbocycles. The molecule has 8 heteroatoms. The standard InChI is InChI=1S/C19H25N3O4S/c1-14(23)21-12-16-17(13-21)19(20(2)18(16)24)8-10-22(11-9-19)27(25,26)15-6-4-3-5-7-15/h3-7,16-17H,8-13H2,1-2H3/t16-,17+/m0/s1. The fraction of sp³-hybridized carbons (Fsp3) is 0.579. The maximum Gasteiger partial charge on any atom is 0.243 e. The quantitative estimate of drug-likeness (QED) is 0.746. The highest BCUT2D eigenvalue weighted by molar-refractivity contribution is 7.89. The van der Waals surface area contributed by atoms with Crippen LogP contribution in [0, 0.1) is 11.8 Å². The number of amides is 2. The van der Waals surface area contributed by atoms with Crippen molar-refractivity contribution in [3.05, 3.63) is 30.3 Å². The molecule has 0 N–H and O–H groups in total. The number of sulfonamides is 1. The molecule has 4 rings (SSSR count). The molecule has 3 fully saturated rings. The number of benzene rings is 1. The van der Waals surface area contributed by atoms with E-state index in [9.17, 15) is 18.0 Å². The first-order chi connectivity index (χ1) is 12.8. The zero-order valence-electron chi connectivity index (χ0n) is 15.7. The molecule has 1 aromatic carbocycles. The normalized spacial score (nSPS) is 28.0. The summed E-state index contributed by atoms with van der Waals surface area (Å²) < 4.78 is 27.3. The monoisotopic (exact) mass is 391 g/mol. The van der Waals surface area contributed by atoms with E-state index in [1.54, 1.807) is 35.2 Å². The minimum atomic E-state index is -3.52. The van der Waals surface area contributed by atoms with Crippen LogP contribution >= 0.6 is 0 Å². The molecule has 146 valence electrons. The van der Waals surface area contributed by atoms with Crippen LogP contribution in [0.25, 0.3) is 0 Å². The smallest absolute Gasteiger partial charge is 0.243 e. The molecule has 3 aliphatic rings. The van der Waals surface area contributed by atoms with Crippen molar-refractivity contribution in [3.63, 3.8) is 0 Å². The highest BCUT2D eigenvalue weighted by Crippen LogP contribution is 2.49. The summed E-state index contributed by atoms with van der Waals surface area (Å²) in [5.74, 6) is 0.0128. The van der Waals surface area contributed by atoms with Crippen LogP contribution in [0.5, 0.6) is 0 Å². The zero-order valence-corrected chi connectivity index (χ0v) is 16.5. The van der Waals surface area contributed by atoms with Crippen LogP contribution in [-0.2, 0) is 19.6 Å². The van der Waals surface area contributed by atoms with Gasteiger partial charge in [0.15, 0.2) is 0 Å². The Hall–Kier alpha value is -1.93. The van der Waals surface area contributed by atoms with E-state index >= 15 is 0 Å². The van der Waals surface area contributed by atoms with Crippen molar-refractivity contribution < 1.29 is 18.0 Å². The average Bonchev–Trinajstić information content (AvgIpc) is 3.19. The van der Waals surface area contributed by atoms with Gasteiger partial charge in [-0.1, -0.05) is 18.2 Å². The second kappa shape index (κ2) is 6.31. The van der Waals surface area contributed by atoms with E-state index in [4.69, 9.17) is 0 Å². The Morgan fingerprint density at radius 2 is 1.74 bits per heavy atom. The van der Waals surface area contributed by atoms with Crippen molar-refractivity contribution in [2.45, 2.75) is 30.2 Å². The van der Waals surface area contributed by atoms with Gasteiger partial charge < -0.3 is 9.80 Å². The lowest BCUT2D eigenvalue weighted by Gasteiger charge is -2.46. The molecular formula is C19H25N3O4S. The lowest BCUT2D eigenvalue weighted by Crippen LogP contribution is -2.56. The van der Waals surface area contributed by atoms with Crippen LogP contribution in [0.1, 0.15) is 19.8 Å². The molecule has 3 aliphatic heterocycles. The maximum atomic E-state index is 12.9. The van der Waals surface area contributed by atoms with Gasteiger partial charge in [0.2, 0.25) is 21.8 Å².